The van der Waals surface area contributed by atoms with Crippen LogP contribution in [0.15, 0.2) is 30.3 Å². The van der Waals surface area contributed by atoms with E-state index in [-0.39, 0.29) is 12.5 Å². The third-order valence-electron chi connectivity index (χ3n) is 6.04. The van der Waals surface area contributed by atoms with Crippen LogP contribution in [0.3, 0.4) is 0 Å². The van der Waals surface area contributed by atoms with E-state index in [0.717, 1.165) is 25.9 Å². The highest BCUT2D eigenvalue weighted by molar-refractivity contribution is 5.21. The molecule has 1 saturated carbocycles. The van der Waals surface area contributed by atoms with Crippen LogP contribution in [0.2, 0.25) is 0 Å². The van der Waals surface area contributed by atoms with Gasteiger partial charge in [0.15, 0.2) is 0 Å². The molecule has 23 heavy (non-hydrogen) atoms. The van der Waals surface area contributed by atoms with Gasteiger partial charge in [-0.25, -0.2) is 0 Å². The first-order valence-electron chi connectivity index (χ1n) is 9.21. The average molecular weight is 317 g/mol. The van der Waals surface area contributed by atoms with Gasteiger partial charge >= 0.3 is 0 Å². The minimum atomic E-state index is -0.557. The summed E-state index contributed by atoms with van der Waals surface area (Å²) in [6, 6.07) is 10.4. The van der Waals surface area contributed by atoms with Crippen molar-refractivity contribution in [1.29, 1.82) is 0 Å². The SMILES string of the molecule is CN1CC(O)([C@@H]2CCCCCCC2[C@H](CO)c2ccccc2)C1. The van der Waals surface area contributed by atoms with Gasteiger partial charge in [0, 0.05) is 19.0 Å². The normalized spacial score (nSPS) is 30.0. The first-order valence-corrected chi connectivity index (χ1v) is 9.21. The number of hydrogen-bond acceptors (Lipinski definition) is 3. The van der Waals surface area contributed by atoms with E-state index in [9.17, 15) is 10.2 Å². The summed E-state index contributed by atoms with van der Waals surface area (Å²) >= 11 is 0. The Morgan fingerprint density at radius 1 is 1.09 bits per heavy atom. The van der Waals surface area contributed by atoms with Crippen molar-refractivity contribution in [1.82, 2.24) is 4.90 Å². The molecule has 1 heterocycles. The lowest BCUT2D eigenvalue weighted by Gasteiger charge is -2.53. The van der Waals surface area contributed by atoms with Crippen LogP contribution in [0, 0.1) is 11.8 Å². The van der Waals surface area contributed by atoms with E-state index in [1.165, 1.54) is 31.2 Å². The van der Waals surface area contributed by atoms with Crippen molar-refractivity contribution in [3.05, 3.63) is 35.9 Å². The Labute approximate surface area is 140 Å². The quantitative estimate of drug-likeness (QED) is 0.897. The minimum Gasteiger partial charge on any atom is -0.396 e. The Morgan fingerprint density at radius 3 is 2.35 bits per heavy atom. The van der Waals surface area contributed by atoms with Gasteiger partial charge in [-0.05, 0) is 37.3 Å². The van der Waals surface area contributed by atoms with Crippen molar-refractivity contribution in [3.8, 4) is 0 Å². The van der Waals surface area contributed by atoms with Gasteiger partial charge in [0.05, 0.1) is 12.2 Å². The van der Waals surface area contributed by atoms with Gasteiger partial charge in [-0.1, -0.05) is 56.0 Å². The zero-order chi connectivity index (χ0) is 16.3. The topological polar surface area (TPSA) is 43.7 Å². The van der Waals surface area contributed by atoms with Crippen LogP contribution >= 0.6 is 0 Å². The lowest BCUT2D eigenvalue weighted by Crippen LogP contribution is -2.65. The Hall–Kier alpha value is -0.900. The molecule has 2 fully saturated rings. The summed E-state index contributed by atoms with van der Waals surface area (Å²) in [5.74, 6) is 0.826. The van der Waals surface area contributed by atoms with Gasteiger partial charge in [-0.15, -0.1) is 0 Å². The molecule has 1 aromatic carbocycles. The Kier molecular flexibility index (Phi) is 5.40. The fourth-order valence-electron chi connectivity index (χ4n) is 4.97. The average Bonchev–Trinajstić information content (AvgIpc) is 2.49. The number of likely N-dealkylation sites (N-methyl/N-ethyl adjacent to an activating group) is 1. The van der Waals surface area contributed by atoms with E-state index < -0.39 is 5.60 Å². The number of nitrogens with zero attached hydrogens (tertiary/aromatic N) is 1. The maximum Gasteiger partial charge on any atom is 0.0930 e. The molecule has 2 aliphatic rings. The van der Waals surface area contributed by atoms with E-state index in [2.05, 4.69) is 36.2 Å². The highest BCUT2D eigenvalue weighted by atomic mass is 16.3. The zero-order valence-electron chi connectivity index (χ0n) is 14.3. The highest BCUT2D eigenvalue weighted by Crippen LogP contribution is 2.45. The first-order chi connectivity index (χ1) is 11.1. The molecule has 128 valence electrons. The molecule has 3 rings (SSSR count). The van der Waals surface area contributed by atoms with E-state index in [0.29, 0.717) is 11.8 Å². The van der Waals surface area contributed by atoms with Crippen LogP contribution in [0.1, 0.15) is 50.0 Å². The molecule has 0 bridgehead atoms. The summed E-state index contributed by atoms with van der Waals surface area (Å²) in [7, 11) is 2.08. The van der Waals surface area contributed by atoms with Crippen LogP contribution < -0.4 is 0 Å². The lowest BCUT2D eigenvalue weighted by molar-refractivity contribution is -0.149. The van der Waals surface area contributed by atoms with Crippen LogP contribution in [0.25, 0.3) is 0 Å². The van der Waals surface area contributed by atoms with Crippen molar-refractivity contribution < 1.29 is 10.2 Å². The van der Waals surface area contributed by atoms with Crippen LogP contribution in [-0.4, -0.2) is 47.5 Å². The van der Waals surface area contributed by atoms with Crippen LogP contribution in [-0.2, 0) is 0 Å². The fourth-order valence-corrected chi connectivity index (χ4v) is 4.97. The second-order valence-electron chi connectivity index (χ2n) is 7.74. The molecule has 0 radical (unpaired) electrons. The second kappa shape index (κ2) is 7.33. The van der Waals surface area contributed by atoms with Crippen molar-refractivity contribution in [2.45, 2.75) is 50.0 Å². The monoisotopic (exact) mass is 317 g/mol. The number of aliphatic hydroxyl groups excluding tert-OH is 1. The molecule has 1 saturated heterocycles. The molecule has 0 aromatic heterocycles. The molecule has 1 aliphatic carbocycles. The standard InChI is InChI=1S/C20H31NO2/c1-21-14-20(23,15-21)19-12-8-3-2-7-11-17(19)18(13-22)16-9-5-4-6-10-16/h4-6,9-10,17-19,22-23H,2-3,7-8,11-15H2,1H3/t17?,18-,19-/m1/s1. The number of β-amino-alcohol motifs (C(OH)–C–C–N with tert-alkyl or cyclic N) is 1. The molecule has 3 heteroatoms. The third-order valence-corrected chi connectivity index (χ3v) is 6.04. The van der Waals surface area contributed by atoms with Crippen molar-refractivity contribution in [2.24, 2.45) is 11.8 Å². The molecular formula is C20H31NO2. The van der Waals surface area contributed by atoms with Crippen LogP contribution in [0.5, 0.6) is 0 Å². The van der Waals surface area contributed by atoms with Crippen molar-refractivity contribution in [3.63, 3.8) is 0 Å². The fraction of sp³-hybridized carbons (Fsp3) is 0.700. The summed E-state index contributed by atoms with van der Waals surface area (Å²) in [5, 5.41) is 21.3. The van der Waals surface area contributed by atoms with Gasteiger partial charge in [0.25, 0.3) is 0 Å². The Bertz CT molecular complexity index is 484. The highest BCUT2D eigenvalue weighted by Gasteiger charge is 2.49. The number of hydrogen-bond donors (Lipinski definition) is 2. The van der Waals surface area contributed by atoms with Gasteiger partial charge in [-0.2, -0.15) is 0 Å². The van der Waals surface area contributed by atoms with E-state index >= 15 is 0 Å². The molecule has 0 amide bonds. The predicted molar refractivity (Wildman–Crippen MR) is 93.4 cm³/mol. The largest absolute Gasteiger partial charge is 0.396 e. The summed E-state index contributed by atoms with van der Waals surface area (Å²) in [4.78, 5) is 2.20. The molecule has 1 unspecified atom stereocenters. The van der Waals surface area contributed by atoms with Crippen LogP contribution in [0.4, 0.5) is 0 Å². The maximum absolute atomic E-state index is 11.2. The summed E-state index contributed by atoms with van der Waals surface area (Å²) in [5.41, 5.74) is 0.667. The molecule has 3 atom stereocenters. The summed E-state index contributed by atoms with van der Waals surface area (Å²) in [6.07, 6.45) is 7.21. The third kappa shape index (κ3) is 3.62. The smallest absolute Gasteiger partial charge is 0.0930 e. The minimum absolute atomic E-state index is 0.147. The molecule has 2 N–H and O–H groups in total. The molecule has 0 spiro atoms. The van der Waals surface area contributed by atoms with Gasteiger partial charge < -0.3 is 15.1 Å². The van der Waals surface area contributed by atoms with Gasteiger partial charge in [-0.3, -0.25) is 0 Å². The number of benzene rings is 1. The van der Waals surface area contributed by atoms with E-state index in [4.69, 9.17) is 0 Å². The molecule has 1 aliphatic heterocycles. The second-order valence-corrected chi connectivity index (χ2v) is 7.74. The predicted octanol–water partition coefficient (Wildman–Crippen LogP) is 3.03. The molecule has 1 aromatic rings. The zero-order valence-corrected chi connectivity index (χ0v) is 14.3. The summed E-state index contributed by atoms with van der Waals surface area (Å²) < 4.78 is 0. The maximum atomic E-state index is 11.2. The Morgan fingerprint density at radius 2 is 1.74 bits per heavy atom. The van der Waals surface area contributed by atoms with E-state index in [1.807, 2.05) is 6.07 Å². The van der Waals surface area contributed by atoms with Gasteiger partial charge in [0.2, 0.25) is 0 Å². The number of rotatable bonds is 4. The molecule has 3 nitrogen and oxygen atoms in total. The van der Waals surface area contributed by atoms with Crippen molar-refractivity contribution in [2.75, 3.05) is 26.7 Å². The van der Waals surface area contributed by atoms with E-state index in [1.54, 1.807) is 0 Å². The number of likely N-dealkylation sites (tertiary alicyclic amines) is 1. The molecular weight excluding hydrogens is 286 g/mol. The van der Waals surface area contributed by atoms with Gasteiger partial charge in [0.1, 0.15) is 0 Å². The first kappa shape index (κ1) is 16.9. The Balaban J connectivity index is 1.86. The lowest BCUT2D eigenvalue weighted by atomic mass is 9.64. The van der Waals surface area contributed by atoms with Crippen molar-refractivity contribution >= 4 is 0 Å². The summed E-state index contributed by atoms with van der Waals surface area (Å²) in [6.45, 7) is 1.74. The number of aliphatic hydroxyl groups is 2.